The average Bonchev–Trinajstić information content (AvgIpc) is 2.78. The summed E-state index contributed by atoms with van der Waals surface area (Å²) in [6.45, 7) is 2.14. The second kappa shape index (κ2) is 5.28. The van der Waals surface area contributed by atoms with Gasteiger partial charge in [-0.25, -0.2) is 0 Å². The number of benzene rings is 1. The first kappa shape index (κ1) is 11.4. The SMILES string of the molecule is CNC(Cc1ccsc1)c1cccc(C)c1. The third-order valence-electron chi connectivity index (χ3n) is 2.81. The van der Waals surface area contributed by atoms with Crippen LogP contribution in [0.4, 0.5) is 0 Å². The van der Waals surface area contributed by atoms with E-state index in [9.17, 15) is 0 Å². The van der Waals surface area contributed by atoms with Gasteiger partial charge in [-0.2, -0.15) is 11.3 Å². The van der Waals surface area contributed by atoms with Crippen molar-refractivity contribution >= 4 is 11.3 Å². The monoisotopic (exact) mass is 231 g/mol. The standard InChI is InChI=1S/C14H17NS/c1-11-4-3-5-13(8-11)14(15-2)9-12-6-7-16-10-12/h3-8,10,14-15H,9H2,1-2H3. The molecule has 0 spiro atoms. The van der Waals surface area contributed by atoms with Gasteiger partial charge in [-0.3, -0.25) is 0 Å². The fraction of sp³-hybridized carbons (Fsp3) is 0.286. The Hall–Kier alpha value is -1.12. The summed E-state index contributed by atoms with van der Waals surface area (Å²) in [6, 6.07) is 11.3. The molecule has 0 saturated carbocycles. The van der Waals surface area contributed by atoms with Crippen molar-refractivity contribution in [2.75, 3.05) is 7.05 Å². The molecule has 0 amide bonds. The van der Waals surface area contributed by atoms with Crippen LogP contribution < -0.4 is 5.32 Å². The van der Waals surface area contributed by atoms with Crippen molar-refractivity contribution in [1.82, 2.24) is 5.32 Å². The summed E-state index contributed by atoms with van der Waals surface area (Å²) in [7, 11) is 2.03. The topological polar surface area (TPSA) is 12.0 Å². The van der Waals surface area contributed by atoms with E-state index in [4.69, 9.17) is 0 Å². The molecule has 16 heavy (non-hydrogen) atoms. The van der Waals surface area contributed by atoms with Crippen LogP contribution in [0.15, 0.2) is 41.1 Å². The van der Waals surface area contributed by atoms with Gasteiger partial charge in [0.1, 0.15) is 0 Å². The third kappa shape index (κ3) is 2.71. The van der Waals surface area contributed by atoms with E-state index in [0.29, 0.717) is 6.04 Å². The van der Waals surface area contributed by atoms with Crippen LogP contribution in [0.1, 0.15) is 22.7 Å². The Labute approximate surface area is 101 Å². The second-order valence-corrected chi connectivity index (χ2v) is 4.87. The van der Waals surface area contributed by atoms with Gasteiger partial charge in [-0.05, 0) is 48.3 Å². The normalized spacial score (nSPS) is 12.6. The third-order valence-corrected chi connectivity index (χ3v) is 3.54. The van der Waals surface area contributed by atoms with Crippen molar-refractivity contribution in [3.05, 3.63) is 57.8 Å². The fourth-order valence-corrected chi connectivity index (χ4v) is 2.60. The first-order valence-electron chi connectivity index (χ1n) is 5.54. The zero-order chi connectivity index (χ0) is 11.4. The van der Waals surface area contributed by atoms with Gasteiger partial charge < -0.3 is 5.32 Å². The zero-order valence-corrected chi connectivity index (χ0v) is 10.6. The van der Waals surface area contributed by atoms with Crippen molar-refractivity contribution < 1.29 is 0 Å². The van der Waals surface area contributed by atoms with E-state index >= 15 is 0 Å². The van der Waals surface area contributed by atoms with Crippen LogP contribution in [0.5, 0.6) is 0 Å². The maximum atomic E-state index is 3.39. The van der Waals surface area contributed by atoms with Crippen LogP contribution in [0.2, 0.25) is 0 Å². The van der Waals surface area contributed by atoms with Gasteiger partial charge in [0.25, 0.3) is 0 Å². The molecule has 0 aliphatic rings. The quantitative estimate of drug-likeness (QED) is 0.848. The van der Waals surface area contributed by atoms with Gasteiger partial charge in [0.15, 0.2) is 0 Å². The molecule has 1 heterocycles. The number of likely N-dealkylation sites (N-methyl/N-ethyl adjacent to an activating group) is 1. The number of hydrogen-bond acceptors (Lipinski definition) is 2. The van der Waals surface area contributed by atoms with E-state index in [-0.39, 0.29) is 0 Å². The molecule has 2 rings (SSSR count). The molecule has 1 nitrogen and oxygen atoms in total. The molecule has 1 N–H and O–H groups in total. The number of nitrogens with one attached hydrogen (secondary N) is 1. The van der Waals surface area contributed by atoms with E-state index in [1.54, 1.807) is 11.3 Å². The molecule has 0 aliphatic carbocycles. The predicted molar refractivity (Wildman–Crippen MR) is 71.0 cm³/mol. The minimum absolute atomic E-state index is 0.412. The summed E-state index contributed by atoms with van der Waals surface area (Å²) in [5, 5.41) is 7.75. The molecule has 0 fully saturated rings. The number of hydrogen-bond donors (Lipinski definition) is 1. The lowest BCUT2D eigenvalue weighted by Gasteiger charge is -2.16. The van der Waals surface area contributed by atoms with Crippen LogP contribution in [-0.4, -0.2) is 7.05 Å². The molecule has 1 unspecified atom stereocenters. The molecule has 0 saturated heterocycles. The highest BCUT2D eigenvalue weighted by Gasteiger charge is 2.10. The van der Waals surface area contributed by atoms with Crippen LogP contribution in [0, 0.1) is 6.92 Å². The highest BCUT2D eigenvalue weighted by Crippen LogP contribution is 2.20. The van der Waals surface area contributed by atoms with Gasteiger partial charge in [0.2, 0.25) is 0 Å². The van der Waals surface area contributed by atoms with Crippen LogP contribution in [-0.2, 0) is 6.42 Å². The molecule has 0 aliphatic heterocycles. The van der Waals surface area contributed by atoms with Gasteiger partial charge in [-0.15, -0.1) is 0 Å². The van der Waals surface area contributed by atoms with Gasteiger partial charge >= 0.3 is 0 Å². The number of thiophene rings is 1. The minimum Gasteiger partial charge on any atom is -0.313 e. The van der Waals surface area contributed by atoms with Crippen molar-refractivity contribution in [2.24, 2.45) is 0 Å². The Kier molecular flexibility index (Phi) is 3.75. The lowest BCUT2D eigenvalue weighted by atomic mass is 9.99. The van der Waals surface area contributed by atoms with E-state index < -0.39 is 0 Å². The van der Waals surface area contributed by atoms with Gasteiger partial charge in [-0.1, -0.05) is 29.8 Å². The van der Waals surface area contributed by atoms with Crippen molar-refractivity contribution in [2.45, 2.75) is 19.4 Å². The summed E-state index contributed by atoms with van der Waals surface area (Å²) in [6.07, 6.45) is 1.06. The summed E-state index contributed by atoms with van der Waals surface area (Å²) in [4.78, 5) is 0. The van der Waals surface area contributed by atoms with Gasteiger partial charge in [0.05, 0.1) is 0 Å². The van der Waals surface area contributed by atoms with Crippen LogP contribution in [0.25, 0.3) is 0 Å². The molecule has 2 aromatic rings. The Morgan fingerprint density at radius 3 is 2.81 bits per heavy atom. The summed E-state index contributed by atoms with van der Waals surface area (Å²) in [5.41, 5.74) is 4.10. The highest BCUT2D eigenvalue weighted by molar-refractivity contribution is 7.07. The maximum Gasteiger partial charge on any atom is 0.0358 e. The fourth-order valence-electron chi connectivity index (χ4n) is 1.92. The lowest BCUT2D eigenvalue weighted by Crippen LogP contribution is -2.18. The first-order valence-corrected chi connectivity index (χ1v) is 6.49. The van der Waals surface area contributed by atoms with Crippen LogP contribution in [0.3, 0.4) is 0 Å². The largest absolute Gasteiger partial charge is 0.313 e. The lowest BCUT2D eigenvalue weighted by molar-refractivity contribution is 0.592. The molecule has 2 heteroatoms. The molecular formula is C14H17NS. The van der Waals surface area contributed by atoms with E-state index in [0.717, 1.165) is 6.42 Å². The summed E-state index contributed by atoms with van der Waals surface area (Å²) >= 11 is 1.76. The van der Waals surface area contributed by atoms with Crippen LogP contribution >= 0.6 is 11.3 Å². The molecule has 1 atom stereocenters. The van der Waals surface area contributed by atoms with Gasteiger partial charge in [0, 0.05) is 6.04 Å². The van der Waals surface area contributed by atoms with E-state index in [1.165, 1.54) is 16.7 Å². The number of aryl methyl sites for hydroxylation is 1. The Bertz CT molecular complexity index is 434. The molecule has 0 bridgehead atoms. The molecule has 1 aromatic carbocycles. The Morgan fingerprint density at radius 1 is 1.31 bits per heavy atom. The van der Waals surface area contributed by atoms with Crippen molar-refractivity contribution in [3.8, 4) is 0 Å². The zero-order valence-electron chi connectivity index (χ0n) is 9.73. The smallest absolute Gasteiger partial charge is 0.0358 e. The summed E-state index contributed by atoms with van der Waals surface area (Å²) in [5.74, 6) is 0. The molecule has 0 radical (unpaired) electrons. The first-order chi connectivity index (χ1) is 7.79. The van der Waals surface area contributed by atoms with Crippen molar-refractivity contribution in [3.63, 3.8) is 0 Å². The number of rotatable bonds is 4. The highest BCUT2D eigenvalue weighted by atomic mass is 32.1. The Balaban J connectivity index is 2.16. The van der Waals surface area contributed by atoms with E-state index in [1.807, 2.05) is 7.05 Å². The van der Waals surface area contributed by atoms with E-state index in [2.05, 4.69) is 53.3 Å². The summed E-state index contributed by atoms with van der Waals surface area (Å²) < 4.78 is 0. The maximum absolute atomic E-state index is 3.39. The Morgan fingerprint density at radius 2 is 2.19 bits per heavy atom. The second-order valence-electron chi connectivity index (χ2n) is 4.09. The molecule has 84 valence electrons. The van der Waals surface area contributed by atoms with Crippen molar-refractivity contribution in [1.29, 1.82) is 0 Å². The molecular weight excluding hydrogens is 214 g/mol. The predicted octanol–water partition coefficient (Wildman–Crippen LogP) is 3.56. The average molecular weight is 231 g/mol. The minimum atomic E-state index is 0.412. The molecule has 1 aromatic heterocycles.